The largest absolute Gasteiger partial charge is 0.497 e. The Labute approximate surface area is 147 Å². The Morgan fingerprint density at radius 3 is 2.50 bits per heavy atom. The number of hydrogen-bond donors (Lipinski definition) is 1. The van der Waals surface area contributed by atoms with Gasteiger partial charge in [0.1, 0.15) is 5.75 Å². The van der Waals surface area contributed by atoms with Crippen molar-refractivity contribution in [1.29, 1.82) is 0 Å². The van der Waals surface area contributed by atoms with E-state index < -0.39 is 0 Å². The number of nitrogens with zero attached hydrogens (tertiary/aromatic N) is 1. The second-order valence-electron chi connectivity index (χ2n) is 6.01. The van der Waals surface area contributed by atoms with E-state index in [0.29, 0.717) is 5.75 Å². The summed E-state index contributed by atoms with van der Waals surface area (Å²) in [6, 6.07) is 11.5. The van der Waals surface area contributed by atoms with Crippen LogP contribution in [0.3, 0.4) is 0 Å². The lowest BCUT2D eigenvalue weighted by Crippen LogP contribution is -2.30. The number of nitrogens with one attached hydrogen (secondary N) is 1. The standard InChI is InChI=1S/C19H22N2O2S/c1-23-17-6-4-15(5-7-17)19(16-8-10-20-11-9-16)21-18(22)13-24-12-14-2-3-14/h4-11,14,19H,2-3,12-13H2,1H3,(H,21,22)/t19-/m1/s1. The predicted octanol–water partition coefficient (Wildman–Crippen LogP) is 3.44. The summed E-state index contributed by atoms with van der Waals surface area (Å²) in [5.41, 5.74) is 2.05. The minimum absolute atomic E-state index is 0.0679. The van der Waals surface area contributed by atoms with Crippen LogP contribution >= 0.6 is 11.8 Å². The van der Waals surface area contributed by atoms with Crippen LogP contribution in [0.2, 0.25) is 0 Å². The highest BCUT2D eigenvalue weighted by atomic mass is 32.2. The SMILES string of the molecule is COc1ccc([C@@H](NC(=O)CSCC2CC2)c2ccncc2)cc1. The molecule has 0 saturated heterocycles. The van der Waals surface area contributed by atoms with Gasteiger partial charge < -0.3 is 10.1 Å². The van der Waals surface area contributed by atoms with E-state index in [2.05, 4.69) is 10.3 Å². The number of aromatic nitrogens is 1. The molecule has 1 N–H and O–H groups in total. The molecule has 0 unspecified atom stereocenters. The van der Waals surface area contributed by atoms with Crippen molar-refractivity contribution in [3.63, 3.8) is 0 Å². The number of hydrogen-bond acceptors (Lipinski definition) is 4. The Bertz CT molecular complexity index is 657. The molecular formula is C19H22N2O2S. The van der Waals surface area contributed by atoms with E-state index in [-0.39, 0.29) is 11.9 Å². The van der Waals surface area contributed by atoms with Crippen LogP contribution in [0.5, 0.6) is 5.75 Å². The van der Waals surface area contributed by atoms with Crippen molar-refractivity contribution in [2.75, 3.05) is 18.6 Å². The third-order valence-electron chi connectivity index (χ3n) is 4.08. The average molecular weight is 342 g/mol. The third kappa shape index (κ3) is 4.74. The summed E-state index contributed by atoms with van der Waals surface area (Å²) in [6.07, 6.45) is 6.14. The first-order chi connectivity index (χ1) is 11.8. The van der Waals surface area contributed by atoms with Crippen LogP contribution in [0.1, 0.15) is 30.0 Å². The molecule has 1 aliphatic carbocycles. The number of thioether (sulfide) groups is 1. The molecule has 1 atom stereocenters. The first-order valence-corrected chi connectivity index (χ1v) is 9.32. The number of methoxy groups -OCH3 is 1. The van der Waals surface area contributed by atoms with Crippen LogP contribution in [-0.2, 0) is 4.79 Å². The summed E-state index contributed by atoms with van der Waals surface area (Å²) < 4.78 is 5.22. The summed E-state index contributed by atoms with van der Waals surface area (Å²) in [4.78, 5) is 16.4. The first kappa shape index (κ1) is 16.8. The molecule has 1 saturated carbocycles. The van der Waals surface area contributed by atoms with E-state index in [1.807, 2.05) is 36.4 Å². The molecule has 3 rings (SSSR count). The van der Waals surface area contributed by atoms with Crippen molar-refractivity contribution >= 4 is 17.7 Å². The van der Waals surface area contributed by atoms with Gasteiger partial charge in [-0.2, -0.15) is 11.8 Å². The van der Waals surface area contributed by atoms with Crippen LogP contribution in [0.4, 0.5) is 0 Å². The lowest BCUT2D eigenvalue weighted by molar-refractivity contribution is -0.119. The molecule has 4 nitrogen and oxygen atoms in total. The van der Waals surface area contributed by atoms with Crippen molar-refractivity contribution < 1.29 is 9.53 Å². The number of ether oxygens (including phenoxy) is 1. The maximum Gasteiger partial charge on any atom is 0.230 e. The van der Waals surface area contributed by atoms with Crippen LogP contribution < -0.4 is 10.1 Å². The summed E-state index contributed by atoms with van der Waals surface area (Å²) >= 11 is 1.73. The fourth-order valence-electron chi connectivity index (χ4n) is 2.52. The van der Waals surface area contributed by atoms with Gasteiger partial charge in [-0.15, -0.1) is 0 Å². The molecule has 2 aromatic rings. The number of rotatable bonds is 8. The van der Waals surface area contributed by atoms with Crippen molar-refractivity contribution in [1.82, 2.24) is 10.3 Å². The van der Waals surface area contributed by atoms with E-state index in [9.17, 15) is 4.79 Å². The molecule has 0 aliphatic heterocycles. The highest BCUT2D eigenvalue weighted by Gasteiger charge is 2.22. The summed E-state index contributed by atoms with van der Waals surface area (Å²) in [7, 11) is 1.65. The molecule has 24 heavy (non-hydrogen) atoms. The number of carbonyl (C=O) groups excluding carboxylic acids is 1. The Hall–Kier alpha value is -2.01. The smallest absolute Gasteiger partial charge is 0.230 e. The van der Waals surface area contributed by atoms with Gasteiger partial charge in [-0.3, -0.25) is 9.78 Å². The zero-order valence-corrected chi connectivity index (χ0v) is 14.6. The van der Waals surface area contributed by atoms with E-state index in [1.165, 1.54) is 12.8 Å². The average Bonchev–Trinajstić information content (AvgIpc) is 3.45. The van der Waals surface area contributed by atoms with E-state index >= 15 is 0 Å². The molecule has 1 heterocycles. The highest BCUT2D eigenvalue weighted by Crippen LogP contribution is 2.32. The monoisotopic (exact) mass is 342 g/mol. The number of pyridine rings is 1. The number of amides is 1. The predicted molar refractivity (Wildman–Crippen MR) is 97.3 cm³/mol. The molecule has 5 heteroatoms. The third-order valence-corrected chi connectivity index (χ3v) is 5.25. The van der Waals surface area contributed by atoms with E-state index in [0.717, 1.165) is 28.5 Å². The summed E-state index contributed by atoms with van der Waals surface area (Å²) in [5.74, 6) is 3.31. The summed E-state index contributed by atoms with van der Waals surface area (Å²) in [5, 5.41) is 3.15. The molecule has 0 spiro atoms. The molecule has 1 amide bonds. The lowest BCUT2D eigenvalue weighted by Gasteiger charge is -2.20. The van der Waals surface area contributed by atoms with Gasteiger partial charge in [0.2, 0.25) is 5.91 Å². The minimum Gasteiger partial charge on any atom is -0.497 e. The Morgan fingerprint density at radius 1 is 1.21 bits per heavy atom. The Kier molecular flexibility index (Phi) is 5.75. The Morgan fingerprint density at radius 2 is 1.88 bits per heavy atom. The minimum atomic E-state index is -0.173. The van der Waals surface area contributed by atoms with Crippen molar-refractivity contribution in [2.24, 2.45) is 5.92 Å². The molecule has 1 aliphatic rings. The second-order valence-corrected chi connectivity index (χ2v) is 7.04. The molecular weight excluding hydrogens is 320 g/mol. The van der Waals surface area contributed by atoms with Crippen molar-refractivity contribution in [2.45, 2.75) is 18.9 Å². The van der Waals surface area contributed by atoms with Gasteiger partial charge in [-0.05, 0) is 59.9 Å². The van der Waals surface area contributed by atoms with Gasteiger partial charge in [0.15, 0.2) is 0 Å². The maximum atomic E-state index is 12.4. The lowest BCUT2D eigenvalue weighted by atomic mass is 9.99. The summed E-state index contributed by atoms with van der Waals surface area (Å²) in [6.45, 7) is 0. The van der Waals surface area contributed by atoms with Crippen LogP contribution in [0.15, 0.2) is 48.8 Å². The van der Waals surface area contributed by atoms with Crippen LogP contribution in [0, 0.1) is 5.92 Å². The van der Waals surface area contributed by atoms with Crippen molar-refractivity contribution in [3.05, 3.63) is 59.9 Å². The normalized spacial score (nSPS) is 14.9. The van der Waals surface area contributed by atoms with Crippen LogP contribution in [-0.4, -0.2) is 29.5 Å². The van der Waals surface area contributed by atoms with Gasteiger partial charge in [0.25, 0.3) is 0 Å². The van der Waals surface area contributed by atoms with Gasteiger partial charge in [-0.1, -0.05) is 12.1 Å². The van der Waals surface area contributed by atoms with Gasteiger partial charge in [-0.25, -0.2) is 0 Å². The van der Waals surface area contributed by atoms with Crippen molar-refractivity contribution in [3.8, 4) is 5.75 Å². The zero-order chi connectivity index (χ0) is 16.8. The maximum absolute atomic E-state index is 12.4. The number of carbonyl (C=O) groups is 1. The molecule has 1 aromatic heterocycles. The zero-order valence-electron chi connectivity index (χ0n) is 13.8. The molecule has 126 valence electrons. The second kappa shape index (κ2) is 8.20. The molecule has 1 aromatic carbocycles. The van der Waals surface area contributed by atoms with E-state index in [1.54, 1.807) is 31.3 Å². The fourth-order valence-corrected chi connectivity index (χ4v) is 3.57. The van der Waals surface area contributed by atoms with Gasteiger partial charge in [0.05, 0.1) is 18.9 Å². The molecule has 1 fully saturated rings. The van der Waals surface area contributed by atoms with Gasteiger partial charge >= 0.3 is 0 Å². The molecule has 0 bridgehead atoms. The Balaban J connectivity index is 1.70. The fraction of sp³-hybridized carbons (Fsp3) is 0.368. The number of benzene rings is 1. The van der Waals surface area contributed by atoms with E-state index in [4.69, 9.17) is 4.74 Å². The van der Waals surface area contributed by atoms with Crippen LogP contribution in [0.25, 0.3) is 0 Å². The first-order valence-electron chi connectivity index (χ1n) is 8.17. The topological polar surface area (TPSA) is 51.2 Å². The highest BCUT2D eigenvalue weighted by molar-refractivity contribution is 7.99. The van der Waals surface area contributed by atoms with Gasteiger partial charge in [0, 0.05) is 12.4 Å². The molecule has 0 radical (unpaired) electrons. The quantitative estimate of drug-likeness (QED) is 0.798.